The Bertz CT molecular complexity index is 390. The molecule has 1 aromatic rings. The van der Waals surface area contributed by atoms with E-state index >= 15 is 0 Å². The van der Waals surface area contributed by atoms with Crippen molar-refractivity contribution < 1.29 is 0 Å². The molecule has 3 heteroatoms. The van der Waals surface area contributed by atoms with Crippen LogP contribution in [-0.4, -0.2) is 24.5 Å². The highest BCUT2D eigenvalue weighted by molar-refractivity contribution is 6.30. The standard InChI is InChI=1S/C16H25ClN2/c1-2-19(12-13-5-3-6-13)10-9-16(18)14-7-4-8-15(17)11-14/h4,7-8,11,13,16H,2-3,5-6,9-10,12,18H2,1H3. The van der Waals surface area contributed by atoms with Gasteiger partial charge >= 0.3 is 0 Å². The first kappa shape index (κ1) is 14.8. The van der Waals surface area contributed by atoms with Crippen molar-refractivity contribution in [3.8, 4) is 0 Å². The van der Waals surface area contributed by atoms with Crippen LogP contribution in [0.3, 0.4) is 0 Å². The minimum Gasteiger partial charge on any atom is -0.324 e. The smallest absolute Gasteiger partial charge is 0.0409 e. The molecule has 2 N–H and O–H groups in total. The van der Waals surface area contributed by atoms with Crippen LogP contribution in [0.2, 0.25) is 5.02 Å². The molecular weight excluding hydrogens is 256 g/mol. The van der Waals surface area contributed by atoms with Crippen molar-refractivity contribution >= 4 is 11.6 Å². The molecule has 0 bridgehead atoms. The maximum absolute atomic E-state index is 6.26. The van der Waals surface area contributed by atoms with Crippen molar-refractivity contribution in [2.75, 3.05) is 19.6 Å². The van der Waals surface area contributed by atoms with Crippen LogP contribution in [0.4, 0.5) is 0 Å². The highest BCUT2D eigenvalue weighted by Gasteiger charge is 2.20. The number of benzene rings is 1. The Morgan fingerprint density at radius 2 is 2.21 bits per heavy atom. The third-order valence-corrected chi connectivity index (χ3v) is 4.46. The second-order valence-corrected chi connectivity index (χ2v) is 6.08. The average molecular weight is 281 g/mol. The number of halogens is 1. The largest absolute Gasteiger partial charge is 0.324 e. The fourth-order valence-electron chi connectivity index (χ4n) is 2.64. The van der Waals surface area contributed by atoms with Crippen molar-refractivity contribution in [2.24, 2.45) is 11.7 Å². The van der Waals surface area contributed by atoms with Gasteiger partial charge in [-0.15, -0.1) is 0 Å². The first-order valence-electron chi connectivity index (χ1n) is 7.42. The molecule has 1 aliphatic carbocycles. The van der Waals surface area contributed by atoms with Gasteiger partial charge in [0.15, 0.2) is 0 Å². The van der Waals surface area contributed by atoms with Gasteiger partial charge in [-0.25, -0.2) is 0 Å². The predicted molar refractivity (Wildman–Crippen MR) is 82.5 cm³/mol. The Labute approximate surface area is 121 Å². The maximum Gasteiger partial charge on any atom is 0.0409 e. The summed E-state index contributed by atoms with van der Waals surface area (Å²) in [5.41, 5.74) is 7.40. The lowest BCUT2D eigenvalue weighted by atomic mass is 9.85. The van der Waals surface area contributed by atoms with E-state index < -0.39 is 0 Å². The van der Waals surface area contributed by atoms with Crippen LogP contribution in [0, 0.1) is 5.92 Å². The molecule has 1 fully saturated rings. The van der Waals surface area contributed by atoms with Gasteiger partial charge in [0.2, 0.25) is 0 Å². The van der Waals surface area contributed by atoms with Crippen molar-refractivity contribution in [3.05, 3.63) is 34.9 Å². The lowest BCUT2D eigenvalue weighted by Crippen LogP contribution is -2.34. The third kappa shape index (κ3) is 4.48. The molecule has 2 nitrogen and oxygen atoms in total. The van der Waals surface area contributed by atoms with Crippen molar-refractivity contribution in [2.45, 2.75) is 38.6 Å². The zero-order valence-corrected chi connectivity index (χ0v) is 12.6. The van der Waals surface area contributed by atoms with Crippen molar-refractivity contribution in [1.29, 1.82) is 0 Å². The van der Waals surface area contributed by atoms with E-state index in [-0.39, 0.29) is 6.04 Å². The van der Waals surface area contributed by atoms with Crippen LogP contribution in [0.5, 0.6) is 0 Å². The molecule has 1 aromatic carbocycles. The minimum atomic E-state index is 0.0918. The molecular formula is C16H25ClN2. The van der Waals surface area contributed by atoms with Gasteiger partial charge in [0.25, 0.3) is 0 Å². The molecule has 19 heavy (non-hydrogen) atoms. The number of nitrogens with two attached hydrogens (primary N) is 1. The fourth-order valence-corrected chi connectivity index (χ4v) is 2.84. The highest BCUT2D eigenvalue weighted by Crippen LogP contribution is 2.27. The van der Waals surface area contributed by atoms with Gasteiger partial charge < -0.3 is 10.6 Å². The Kier molecular flexibility index (Phi) is 5.68. The van der Waals surface area contributed by atoms with Gasteiger partial charge in [-0.05, 0) is 56.0 Å². The summed E-state index contributed by atoms with van der Waals surface area (Å²) < 4.78 is 0. The van der Waals surface area contributed by atoms with E-state index in [2.05, 4.69) is 17.9 Å². The summed E-state index contributed by atoms with van der Waals surface area (Å²) in [6.07, 6.45) is 5.25. The molecule has 0 radical (unpaired) electrons. The van der Waals surface area contributed by atoms with Gasteiger partial charge in [-0.1, -0.05) is 37.1 Å². The molecule has 1 atom stereocenters. The summed E-state index contributed by atoms with van der Waals surface area (Å²) in [5.74, 6) is 0.933. The third-order valence-electron chi connectivity index (χ3n) is 4.22. The lowest BCUT2D eigenvalue weighted by molar-refractivity contribution is 0.180. The second-order valence-electron chi connectivity index (χ2n) is 5.64. The molecule has 0 spiro atoms. The number of nitrogens with zero attached hydrogens (tertiary/aromatic N) is 1. The molecule has 0 aliphatic heterocycles. The summed E-state index contributed by atoms with van der Waals surface area (Å²) in [6.45, 7) is 5.70. The fraction of sp³-hybridized carbons (Fsp3) is 0.625. The average Bonchev–Trinajstić information content (AvgIpc) is 2.36. The zero-order valence-electron chi connectivity index (χ0n) is 11.8. The van der Waals surface area contributed by atoms with Crippen molar-refractivity contribution in [3.63, 3.8) is 0 Å². The monoisotopic (exact) mass is 280 g/mol. The molecule has 0 amide bonds. The molecule has 1 aliphatic rings. The van der Waals surface area contributed by atoms with Crippen molar-refractivity contribution in [1.82, 2.24) is 4.90 Å². The Morgan fingerprint density at radius 3 is 2.79 bits per heavy atom. The molecule has 106 valence electrons. The lowest BCUT2D eigenvalue weighted by Gasteiger charge is -2.32. The van der Waals surface area contributed by atoms with E-state index in [1.54, 1.807) is 0 Å². The molecule has 0 aromatic heterocycles. The molecule has 2 rings (SSSR count). The van der Waals surface area contributed by atoms with E-state index in [1.807, 2.05) is 18.2 Å². The van der Waals surface area contributed by atoms with E-state index in [0.717, 1.165) is 36.0 Å². The SMILES string of the molecule is CCN(CCC(N)c1cccc(Cl)c1)CC1CCC1. The van der Waals surface area contributed by atoms with Crippen LogP contribution >= 0.6 is 11.6 Å². The summed E-state index contributed by atoms with van der Waals surface area (Å²) in [5, 5.41) is 0.773. The number of rotatable bonds is 7. The summed E-state index contributed by atoms with van der Waals surface area (Å²) in [7, 11) is 0. The summed E-state index contributed by atoms with van der Waals surface area (Å²) in [6, 6.07) is 8.01. The Morgan fingerprint density at radius 1 is 1.42 bits per heavy atom. The first-order chi connectivity index (χ1) is 9.19. The van der Waals surface area contributed by atoms with E-state index in [0.29, 0.717) is 0 Å². The number of hydrogen-bond donors (Lipinski definition) is 1. The van der Waals surface area contributed by atoms with Gasteiger partial charge in [-0.2, -0.15) is 0 Å². The molecule has 0 saturated heterocycles. The Hall–Kier alpha value is -0.570. The molecule has 1 unspecified atom stereocenters. The van der Waals surface area contributed by atoms with Gasteiger partial charge in [0.05, 0.1) is 0 Å². The second kappa shape index (κ2) is 7.28. The molecule has 0 heterocycles. The van der Waals surface area contributed by atoms with E-state index in [9.17, 15) is 0 Å². The first-order valence-corrected chi connectivity index (χ1v) is 7.80. The van der Waals surface area contributed by atoms with Crippen LogP contribution in [0.1, 0.15) is 44.2 Å². The number of hydrogen-bond acceptors (Lipinski definition) is 2. The summed E-state index contributed by atoms with van der Waals surface area (Å²) >= 11 is 6.01. The van der Waals surface area contributed by atoms with E-state index in [4.69, 9.17) is 17.3 Å². The van der Waals surface area contributed by atoms with Crippen LogP contribution in [-0.2, 0) is 0 Å². The van der Waals surface area contributed by atoms with Gasteiger partial charge in [0.1, 0.15) is 0 Å². The van der Waals surface area contributed by atoms with Crippen LogP contribution in [0.25, 0.3) is 0 Å². The minimum absolute atomic E-state index is 0.0918. The maximum atomic E-state index is 6.26. The van der Waals surface area contributed by atoms with Gasteiger partial charge in [-0.3, -0.25) is 0 Å². The van der Waals surface area contributed by atoms with E-state index in [1.165, 1.54) is 25.8 Å². The highest BCUT2D eigenvalue weighted by atomic mass is 35.5. The van der Waals surface area contributed by atoms with Gasteiger partial charge in [0, 0.05) is 17.6 Å². The van der Waals surface area contributed by atoms with Crippen LogP contribution in [0.15, 0.2) is 24.3 Å². The predicted octanol–water partition coefficient (Wildman–Crippen LogP) is 3.85. The summed E-state index contributed by atoms with van der Waals surface area (Å²) in [4.78, 5) is 2.54. The quantitative estimate of drug-likeness (QED) is 0.822. The molecule has 1 saturated carbocycles. The zero-order chi connectivity index (χ0) is 13.7. The topological polar surface area (TPSA) is 29.3 Å². The Balaban J connectivity index is 1.79. The normalized spacial score (nSPS) is 17.5. The van der Waals surface area contributed by atoms with Crippen LogP contribution < -0.4 is 5.73 Å².